The zero-order valence-corrected chi connectivity index (χ0v) is 12.2. The van der Waals surface area contributed by atoms with E-state index in [2.05, 4.69) is 5.32 Å². The second kappa shape index (κ2) is 6.12. The number of benzene rings is 1. The molecule has 0 radical (unpaired) electrons. The van der Waals surface area contributed by atoms with Gasteiger partial charge in [-0.15, -0.1) is 0 Å². The molecule has 0 aliphatic carbocycles. The minimum absolute atomic E-state index is 0.233. The molecule has 1 unspecified atom stereocenters. The van der Waals surface area contributed by atoms with Crippen LogP contribution < -0.4 is 14.2 Å². The lowest BCUT2D eigenvalue weighted by molar-refractivity contribution is 0.208. The smallest absolute Gasteiger partial charge is 0.306 e. The normalized spacial score (nSPS) is 12.9. The zero-order chi connectivity index (χ0) is 14.6. The summed E-state index contributed by atoms with van der Waals surface area (Å²) in [7, 11) is -2.07. The molecule has 2 N–H and O–H groups in total. The topological polar surface area (TPSA) is 84.9 Å². The van der Waals surface area contributed by atoms with Crippen molar-refractivity contribution in [2.24, 2.45) is 0 Å². The van der Waals surface area contributed by atoms with Crippen molar-refractivity contribution in [1.82, 2.24) is 0 Å². The van der Waals surface area contributed by atoms with Crippen LogP contribution in [0.3, 0.4) is 0 Å². The molecule has 19 heavy (non-hydrogen) atoms. The number of aliphatic hydroxyl groups is 1. The molecule has 0 bridgehead atoms. The van der Waals surface area contributed by atoms with Gasteiger partial charge in [0.25, 0.3) is 0 Å². The first-order chi connectivity index (χ1) is 8.73. The highest BCUT2D eigenvalue weighted by molar-refractivity contribution is 7.86. The Morgan fingerprint density at radius 2 is 2.00 bits per heavy atom. The first kappa shape index (κ1) is 15.6. The van der Waals surface area contributed by atoms with Crippen LogP contribution in [-0.4, -0.2) is 39.5 Å². The van der Waals surface area contributed by atoms with Gasteiger partial charge in [-0.2, -0.15) is 8.42 Å². The van der Waals surface area contributed by atoms with E-state index in [-0.39, 0.29) is 5.75 Å². The molecule has 0 amide bonds. The standard InChI is InChI=1S/C12H19NO5S/c1-8-5-12(17-3)10(13-7-9(2)14)6-11(8)18-19(4,15)16/h5-6,9,13-14H,7H2,1-4H3. The molecule has 0 fully saturated rings. The summed E-state index contributed by atoms with van der Waals surface area (Å²) in [6, 6.07) is 3.21. The average molecular weight is 289 g/mol. The minimum atomic E-state index is -3.59. The molecule has 0 aliphatic rings. The SMILES string of the molecule is COc1cc(C)c(OS(C)(=O)=O)cc1NCC(C)O. The Morgan fingerprint density at radius 3 is 2.47 bits per heavy atom. The molecule has 7 heteroatoms. The molecule has 1 rings (SSSR count). The van der Waals surface area contributed by atoms with E-state index in [1.807, 2.05) is 0 Å². The summed E-state index contributed by atoms with van der Waals surface area (Å²) >= 11 is 0. The Hall–Kier alpha value is -1.47. The van der Waals surface area contributed by atoms with Crippen molar-refractivity contribution in [2.45, 2.75) is 20.0 Å². The quantitative estimate of drug-likeness (QED) is 0.764. The van der Waals surface area contributed by atoms with Gasteiger partial charge < -0.3 is 19.3 Å². The molecule has 0 aromatic heterocycles. The number of anilines is 1. The summed E-state index contributed by atoms with van der Waals surface area (Å²) in [5.41, 5.74) is 1.21. The van der Waals surface area contributed by atoms with E-state index in [0.717, 1.165) is 6.26 Å². The molecule has 0 aliphatic heterocycles. The van der Waals surface area contributed by atoms with Crippen molar-refractivity contribution in [2.75, 3.05) is 25.2 Å². The van der Waals surface area contributed by atoms with E-state index >= 15 is 0 Å². The van der Waals surface area contributed by atoms with Crippen LogP contribution >= 0.6 is 0 Å². The highest BCUT2D eigenvalue weighted by Gasteiger charge is 2.13. The fourth-order valence-corrected chi connectivity index (χ4v) is 1.98. The Labute approximate surface area is 113 Å². The van der Waals surface area contributed by atoms with Gasteiger partial charge in [-0.1, -0.05) is 0 Å². The van der Waals surface area contributed by atoms with Crippen LogP contribution in [0.4, 0.5) is 5.69 Å². The lowest BCUT2D eigenvalue weighted by Crippen LogP contribution is -2.16. The van der Waals surface area contributed by atoms with E-state index in [1.54, 1.807) is 19.9 Å². The maximum Gasteiger partial charge on any atom is 0.306 e. The minimum Gasteiger partial charge on any atom is -0.495 e. The van der Waals surface area contributed by atoms with E-state index in [9.17, 15) is 13.5 Å². The fraction of sp³-hybridized carbons (Fsp3) is 0.500. The maximum atomic E-state index is 11.2. The first-order valence-corrected chi connectivity index (χ1v) is 7.54. The number of hydrogen-bond acceptors (Lipinski definition) is 6. The van der Waals surface area contributed by atoms with Gasteiger partial charge in [-0.25, -0.2) is 0 Å². The van der Waals surface area contributed by atoms with Crippen LogP contribution in [0.5, 0.6) is 11.5 Å². The predicted molar refractivity (Wildman–Crippen MR) is 73.4 cm³/mol. The lowest BCUT2D eigenvalue weighted by Gasteiger charge is -2.15. The molecule has 1 aromatic carbocycles. The molecule has 1 aromatic rings. The second-order valence-electron chi connectivity index (χ2n) is 4.34. The predicted octanol–water partition coefficient (Wildman–Crippen LogP) is 1.13. The average Bonchev–Trinajstić information content (AvgIpc) is 2.27. The number of nitrogens with one attached hydrogen (secondary N) is 1. The summed E-state index contributed by atoms with van der Waals surface area (Å²) < 4.78 is 32.4. The van der Waals surface area contributed by atoms with Crippen LogP contribution in [-0.2, 0) is 10.1 Å². The molecule has 0 spiro atoms. The molecule has 0 saturated carbocycles. The Kier molecular flexibility index (Phi) is 5.02. The number of hydrogen-bond donors (Lipinski definition) is 2. The van der Waals surface area contributed by atoms with Gasteiger partial charge >= 0.3 is 10.1 Å². The molecule has 0 saturated heterocycles. The van der Waals surface area contributed by atoms with Crippen molar-refractivity contribution in [1.29, 1.82) is 0 Å². The molecular formula is C12H19NO5S. The van der Waals surface area contributed by atoms with Gasteiger partial charge in [0.1, 0.15) is 11.5 Å². The first-order valence-electron chi connectivity index (χ1n) is 5.73. The van der Waals surface area contributed by atoms with Gasteiger partial charge in [-0.05, 0) is 25.5 Å². The van der Waals surface area contributed by atoms with Gasteiger partial charge in [0.05, 0.1) is 25.2 Å². The van der Waals surface area contributed by atoms with Crippen molar-refractivity contribution in [3.05, 3.63) is 17.7 Å². The monoisotopic (exact) mass is 289 g/mol. The summed E-state index contributed by atoms with van der Waals surface area (Å²) in [4.78, 5) is 0. The Morgan fingerprint density at radius 1 is 1.37 bits per heavy atom. The third-order valence-corrected chi connectivity index (χ3v) is 2.81. The summed E-state index contributed by atoms with van der Waals surface area (Å²) in [6.07, 6.45) is 0.449. The van der Waals surface area contributed by atoms with Crippen LogP contribution in [0.2, 0.25) is 0 Å². The maximum absolute atomic E-state index is 11.2. The second-order valence-corrected chi connectivity index (χ2v) is 5.91. The van der Waals surface area contributed by atoms with Crippen LogP contribution in [0.15, 0.2) is 12.1 Å². The van der Waals surface area contributed by atoms with E-state index in [1.165, 1.54) is 13.2 Å². The number of methoxy groups -OCH3 is 1. The molecule has 6 nitrogen and oxygen atoms in total. The van der Waals surface area contributed by atoms with Crippen LogP contribution in [0.25, 0.3) is 0 Å². The van der Waals surface area contributed by atoms with Gasteiger partial charge in [0.2, 0.25) is 0 Å². The van der Waals surface area contributed by atoms with Crippen molar-refractivity contribution >= 4 is 15.8 Å². The van der Waals surface area contributed by atoms with E-state index < -0.39 is 16.2 Å². The largest absolute Gasteiger partial charge is 0.495 e. The molecule has 0 heterocycles. The highest BCUT2D eigenvalue weighted by atomic mass is 32.2. The van der Waals surface area contributed by atoms with Crippen LogP contribution in [0.1, 0.15) is 12.5 Å². The summed E-state index contributed by atoms with van der Waals surface area (Å²) in [5.74, 6) is 0.787. The zero-order valence-electron chi connectivity index (χ0n) is 11.4. The van der Waals surface area contributed by atoms with E-state index in [0.29, 0.717) is 23.5 Å². The van der Waals surface area contributed by atoms with Crippen molar-refractivity contribution < 1.29 is 22.4 Å². The third kappa shape index (κ3) is 4.96. The summed E-state index contributed by atoms with van der Waals surface area (Å²) in [6.45, 7) is 3.68. The molecular weight excluding hydrogens is 270 g/mol. The Balaban J connectivity index is 3.10. The number of aryl methyl sites for hydroxylation is 1. The molecule has 108 valence electrons. The molecule has 1 atom stereocenters. The lowest BCUT2D eigenvalue weighted by atomic mass is 10.2. The van der Waals surface area contributed by atoms with E-state index in [4.69, 9.17) is 8.92 Å². The van der Waals surface area contributed by atoms with Crippen molar-refractivity contribution in [3.8, 4) is 11.5 Å². The highest BCUT2D eigenvalue weighted by Crippen LogP contribution is 2.33. The van der Waals surface area contributed by atoms with Crippen LogP contribution in [0, 0.1) is 6.92 Å². The number of ether oxygens (including phenoxy) is 1. The van der Waals surface area contributed by atoms with Crippen molar-refractivity contribution in [3.63, 3.8) is 0 Å². The van der Waals surface area contributed by atoms with Gasteiger partial charge in [0, 0.05) is 12.6 Å². The number of rotatable bonds is 6. The third-order valence-electron chi connectivity index (χ3n) is 2.33. The fourth-order valence-electron chi connectivity index (χ4n) is 1.48. The summed E-state index contributed by atoms with van der Waals surface area (Å²) in [5, 5.41) is 12.2. The van der Waals surface area contributed by atoms with Gasteiger partial charge in [0.15, 0.2) is 0 Å². The van der Waals surface area contributed by atoms with Gasteiger partial charge in [-0.3, -0.25) is 0 Å². The Bertz CT molecular complexity index is 539. The number of aliphatic hydroxyl groups excluding tert-OH is 1.